The number of rotatable bonds is 6. The molecule has 0 spiro atoms. The number of hydrogen-bond acceptors (Lipinski definition) is 5. The number of benzene rings is 5. The molecule has 1 aliphatic rings. The van der Waals surface area contributed by atoms with E-state index in [1.165, 1.54) is 10.4 Å². The predicted octanol–water partition coefficient (Wildman–Crippen LogP) is 9.54. The standard InChI is InChI=1S/C39H38N4OSi2/c1-45(2,3)31-23-17-28(18-24-31)38-40-37(41-39(42-38)29-19-25-32(26-20-29)46(4,5)6)27-15-21-30(22-16-27)43-33-11-7-9-13-35(33)44-36-14-10-8-12-34(36)43/h7-26H,1-6H3. The summed E-state index contributed by atoms with van der Waals surface area (Å²) in [6, 6.07) is 42.3. The molecule has 2 heterocycles. The van der Waals surface area contributed by atoms with Crippen LogP contribution in [0.5, 0.6) is 11.5 Å². The van der Waals surface area contributed by atoms with Crippen molar-refractivity contribution in [2.24, 2.45) is 0 Å². The summed E-state index contributed by atoms with van der Waals surface area (Å²) in [5, 5.41) is 2.82. The summed E-state index contributed by atoms with van der Waals surface area (Å²) in [5.41, 5.74) is 5.95. The molecule has 0 bridgehead atoms. The van der Waals surface area contributed by atoms with E-state index >= 15 is 0 Å². The van der Waals surface area contributed by atoms with Crippen LogP contribution in [0.1, 0.15) is 0 Å². The van der Waals surface area contributed by atoms with Crippen LogP contribution >= 0.6 is 0 Å². The van der Waals surface area contributed by atoms with Gasteiger partial charge in [-0.2, -0.15) is 0 Å². The van der Waals surface area contributed by atoms with Gasteiger partial charge in [-0.1, -0.05) is 122 Å². The second-order valence-corrected chi connectivity index (χ2v) is 24.0. The number of hydrogen-bond donors (Lipinski definition) is 0. The Hall–Kier alpha value is -4.86. The van der Waals surface area contributed by atoms with Gasteiger partial charge in [-0.15, -0.1) is 0 Å². The molecule has 0 atom stereocenters. The molecule has 0 N–H and O–H groups in total. The maximum atomic E-state index is 6.22. The van der Waals surface area contributed by atoms with Gasteiger partial charge >= 0.3 is 0 Å². The summed E-state index contributed by atoms with van der Waals surface area (Å²) in [6.07, 6.45) is 0. The molecule has 5 aromatic carbocycles. The van der Waals surface area contributed by atoms with Gasteiger partial charge in [0.2, 0.25) is 0 Å². The van der Waals surface area contributed by atoms with Gasteiger partial charge in [0.1, 0.15) is 0 Å². The topological polar surface area (TPSA) is 51.1 Å². The summed E-state index contributed by atoms with van der Waals surface area (Å²) in [4.78, 5) is 17.3. The van der Waals surface area contributed by atoms with Gasteiger partial charge in [0.05, 0.1) is 27.5 Å². The largest absolute Gasteiger partial charge is 0.453 e. The molecule has 0 radical (unpaired) electrons. The molecule has 1 aromatic heterocycles. The van der Waals surface area contributed by atoms with Crippen LogP contribution in [0.4, 0.5) is 17.1 Å². The lowest BCUT2D eigenvalue weighted by Crippen LogP contribution is -2.37. The molecule has 0 fully saturated rings. The minimum absolute atomic E-state index is 0.651. The molecule has 0 unspecified atom stereocenters. The Kier molecular flexibility index (Phi) is 7.46. The van der Waals surface area contributed by atoms with Gasteiger partial charge in [-0.3, -0.25) is 0 Å². The summed E-state index contributed by atoms with van der Waals surface area (Å²) >= 11 is 0. The molecule has 0 saturated carbocycles. The fraction of sp³-hybridized carbons (Fsp3) is 0.154. The van der Waals surface area contributed by atoms with E-state index in [0.29, 0.717) is 17.5 Å². The lowest BCUT2D eigenvalue weighted by Gasteiger charge is -2.32. The van der Waals surface area contributed by atoms with Gasteiger partial charge < -0.3 is 9.64 Å². The zero-order chi connectivity index (χ0) is 32.1. The van der Waals surface area contributed by atoms with Gasteiger partial charge in [0.15, 0.2) is 29.0 Å². The van der Waals surface area contributed by atoms with Crippen molar-refractivity contribution < 1.29 is 4.74 Å². The van der Waals surface area contributed by atoms with Crippen LogP contribution in [-0.2, 0) is 0 Å². The second-order valence-electron chi connectivity index (χ2n) is 13.9. The Labute approximate surface area is 273 Å². The van der Waals surface area contributed by atoms with E-state index in [4.69, 9.17) is 19.7 Å². The van der Waals surface area contributed by atoms with E-state index in [2.05, 4.69) is 129 Å². The Morgan fingerprint density at radius 2 is 0.783 bits per heavy atom. The van der Waals surface area contributed by atoms with Crippen LogP contribution in [-0.4, -0.2) is 31.1 Å². The van der Waals surface area contributed by atoms with Gasteiger partial charge in [0.25, 0.3) is 0 Å². The number of fused-ring (bicyclic) bond motifs is 2. The van der Waals surface area contributed by atoms with Crippen molar-refractivity contribution in [2.75, 3.05) is 4.90 Å². The van der Waals surface area contributed by atoms with Crippen molar-refractivity contribution in [1.29, 1.82) is 0 Å². The third-order valence-electron chi connectivity index (χ3n) is 8.47. The first-order valence-corrected chi connectivity index (χ1v) is 22.8. The van der Waals surface area contributed by atoms with E-state index in [1.807, 2.05) is 36.4 Å². The van der Waals surface area contributed by atoms with Crippen LogP contribution in [0.15, 0.2) is 121 Å². The highest BCUT2D eigenvalue weighted by atomic mass is 28.3. The Balaban J connectivity index is 1.31. The maximum absolute atomic E-state index is 6.22. The first kappa shape index (κ1) is 29.8. The Morgan fingerprint density at radius 3 is 1.15 bits per heavy atom. The minimum Gasteiger partial charge on any atom is -0.453 e. The molecular formula is C39H38N4OSi2. The SMILES string of the molecule is C[Si](C)(C)c1ccc(-c2nc(-c3ccc(N4c5ccccc5Oc5ccccc54)cc3)nc(-c3ccc([Si](C)(C)C)cc3)n2)cc1. The van der Waals surface area contributed by atoms with E-state index in [0.717, 1.165) is 45.3 Å². The first-order valence-electron chi connectivity index (χ1n) is 15.8. The molecule has 228 valence electrons. The Morgan fingerprint density at radius 1 is 0.435 bits per heavy atom. The molecule has 0 amide bonds. The Bertz CT molecular complexity index is 1910. The van der Waals surface area contributed by atoms with E-state index < -0.39 is 16.1 Å². The summed E-state index contributed by atoms with van der Waals surface area (Å²) in [6.45, 7) is 14.2. The molecule has 1 aliphatic heterocycles. The molecule has 6 aromatic rings. The van der Waals surface area contributed by atoms with Crippen LogP contribution in [0.3, 0.4) is 0 Å². The number of para-hydroxylation sites is 4. The van der Waals surface area contributed by atoms with E-state index in [-0.39, 0.29) is 0 Å². The summed E-state index contributed by atoms with van der Waals surface area (Å²) in [7, 11) is -2.86. The number of anilines is 3. The van der Waals surface area contributed by atoms with Crippen molar-refractivity contribution in [3.05, 3.63) is 121 Å². The fourth-order valence-corrected chi connectivity index (χ4v) is 8.08. The van der Waals surface area contributed by atoms with Gasteiger partial charge in [-0.05, 0) is 48.5 Å². The quantitative estimate of drug-likeness (QED) is 0.171. The van der Waals surface area contributed by atoms with E-state index in [9.17, 15) is 0 Å². The average molecular weight is 635 g/mol. The molecular weight excluding hydrogens is 597 g/mol. The smallest absolute Gasteiger partial charge is 0.164 e. The lowest BCUT2D eigenvalue weighted by atomic mass is 10.1. The van der Waals surface area contributed by atoms with Gasteiger partial charge in [-0.25, -0.2) is 15.0 Å². The van der Waals surface area contributed by atoms with Crippen LogP contribution in [0.2, 0.25) is 39.3 Å². The highest BCUT2D eigenvalue weighted by molar-refractivity contribution is 6.89. The van der Waals surface area contributed by atoms with Crippen molar-refractivity contribution in [3.63, 3.8) is 0 Å². The van der Waals surface area contributed by atoms with Gasteiger partial charge in [0, 0.05) is 22.4 Å². The molecule has 5 nitrogen and oxygen atoms in total. The maximum Gasteiger partial charge on any atom is 0.164 e. The van der Waals surface area contributed by atoms with Crippen LogP contribution in [0.25, 0.3) is 34.2 Å². The highest BCUT2D eigenvalue weighted by Crippen LogP contribution is 2.50. The van der Waals surface area contributed by atoms with Crippen molar-refractivity contribution in [3.8, 4) is 45.7 Å². The third-order valence-corrected chi connectivity index (χ3v) is 12.6. The van der Waals surface area contributed by atoms with Crippen molar-refractivity contribution in [2.45, 2.75) is 39.3 Å². The van der Waals surface area contributed by atoms with Crippen LogP contribution < -0.4 is 20.0 Å². The highest BCUT2D eigenvalue weighted by Gasteiger charge is 2.25. The molecule has 7 rings (SSSR count). The molecule has 46 heavy (non-hydrogen) atoms. The summed E-state index contributed by atoms with van der Waals surface area (Å²) < 4.78 is 6.22. The third kappa shape index (κ3) is 5.79. The number of aromatic nitrogens is 3. The first-order chi connectivity index (χ1) is 22.0. The summed E-state index contributed by atoms with van der Waals surface area (Å²) in [5.74, 6) is 3.67. The predicted molar refractivity (Wildman–Crippen MR) is 197 cm³/mol. The van der Waals surface area contributed by atoms with Crippen LogP contribution in [0, 0.1) is 0 Å². The average Bonchev–Trinajstić information content (AvgIpc) is 3.06. The molecule has 0 saturated heterocycles. The second kappa shape index (κ2) is 11.5. The normalized spacial score (nSPS) is 12.7. The minimum atomic E-state index is -1.43. The van der Waals surface area contributed by atoms with Crippen molar-refractivity contribution in [1.82, 2.24) is 15.0 Å². The zero-order valence-corrected chi connectivity index (χ0v) is 29.2. The molecule has 0 aliphatic carbocycles. The number of ether oxygens (including phenoxy) is 1. The van der Waals surface area contributed by atoms with E-state index in [1.54, 1.807) is 0 Å². The number of nitrogens with zero attached hydrogens (tertiary/aromatic N) is 4. The fourth-order valence-electron chi connectivity index (χ4n) is 5.74. The monoisotopic (exact) mass is 634 g/mol. The lowest BCUT2D eigenvalue weighted by molar-refractivity contribution is 0.477. The molecule has 7 heteroatoms. The zero-order valence-electron chi connectivity index (χ0n) is 27.2. The van der Waals surface area contributed by atoms with Crippen molar-refractivity contribution >= 4 is 43.6 Å².